The molecule has 1 heterocycles. The van der Waals surface area contributed by atoms with Crippen LogP contribution in [0.15, 0.2) is 30.5 Å². The van der Waals surface area contributed by atoms with Crippen molar-refractivity contribution in [3.05, 3.63) is 36.0 Å². The molecular formula is C16H25N3. The molecule has 0 aliphatic rings. The van der Waals surface area contributed by atoms with E-state index in [-0.39, 0.29) is 5.54 Å². The maximum absolute atomic E-state index is 6.23. The molecule has 0 amide bonds. The van der Waals surface area contributed by atoms with Gasteiger partial charge in [0.05, 0.1) is 0 Å². The van der Waals surface area contributed by atoms with Crippen molar-refractivity contribution in [3.63, 3.8) is 0 Å². The van der Waals surface area contributed by atoms with E-state index in [1.165, 1.54) is 16.5 Å². The molecule has 3 heteroatoms. The van der Waals surface area contributed by atoms with Gasteiger partial charge in [0.1, 0.15) is 0 Å². The smallest absolute Gasteiger partial charge is 0.0481 e. The lowest BCUT2D eigenvalue weighted by molar-refractivity contribution is 0.244. The molecule has 1 atom stereocenters. The molecule has 2 N–H and O–H groups in total. The van der Waals surface area contributed by atoms with Crippen LogP contribution in [0.2, 0.25) is 0 Å². The fraction of sp³-hybridized carbons (Fsp3) is 0.500. The number of rotatable bonds is 4. The number of benzene rings is 1. The lowest BCUT2D eigenvalue weighted by Crippen LogP contribution is -2.37. The Balaban J connectivity index is 2.51. The van der Waals surface area contributed by atoms with Gasteiger partial charge in [-0.2, -0.15) is 0 Å². The van der Waals surface area contributed by atoms with Gasteiger partial charge in [-0.25, -0.2) is 0 Å². The average molecular weight is 259 g/mol. The van der Waals surface area contributed by atoms with Gasteiger partial charge in [-0.15, -0.1) is 0 Å². The van der Waals surface area contributed by atoms with Crippen LogP contribution in [0.1, 0.15) is 31.9 Å². The summed E-state index contributed by atoms with van der Waals surface area (Å²) in [5, 5.41) is 1.33. The molecule has 2 aromatic rings. The first-order chi connectivity index (χ1) is 8.79. The summed E-state index contributed by atoms with van der Waals surface area (Å²) in [5.74, 6) is 0. The number of hydrogen-bond acceptors (Lipinski definition) is 2. The van der Waals surface area contributed by atoms with Crippen molar-refractivity contribution in [3.8, 4) is 0 Å². The summed E-state index contributed by atoms with van der Waals surface area (Å²) in [6, 6.07) is 8.89. The standard InChI is InChI=1S/C16H25N3/c1-16(2,17)10-15(18(3)4)13-11-19(5)14-9-7-6-8-12(13)14/h6-9,11,15H,10,17H2,1-5H3. The van der Waals surface area contributed by atoms with E-state index in [1.807, 2.05) is 0 Å². The van der Waals surface area contributed by atoms with E-state index < -0.39 is 0 Å². The summed E-state index contributed by atoms with van der Waals surface area (Å²) in [7, 11) is 6.35. The number of aromatic nitrogens is 1. The highest BCUT2D eigenvalue weighted by Crippen LogP contribution is 2.33. The van der Waals surface area contributed by atoms with Gasteiger partial charge in [0, 0.05) is 35.7 Å². The molecule has 0 aliphatic heterocycles. The molecule has 3 nitrogen and oxygen atoms in total. The summed E-state index contributed by atoms with van der Waals surface area (Å²) in [6.45, 7) is 4.18. The summed E-state index contributed by atoms with van der Waals surface area (Å²) < 4.78 is 2.20. The number of nitrogens with zero attached hydrogens (tertiary/aromatic N) is 2. The van der Waals surface area contributed by atoms with E-state index >= 15 is 0 Å². The quantitative estimate of drug-likeness (QED) is 0.916. The van der Waals surface area contributed by atoms with Crippen molar-refractivity contribution >= 4 is 10.9 Å². The molecule has 0 aliphatic carbocycles. The normalized spacial score (nSPS) is 14.3. The SMILES string of the molecule is CN(C)C(CC(C)(C)N)c1cn(C)c2ccccc12. The van der Waals surface area contributed by atoms with Gasteiger partial charge in [-0.3, -0.25) is 0 Å². The zero-order chi connectivity index (χ0) is 14.2. The minimum atomic E-state index is -0.175. The fourth-order valence-corrected chi connectivity index (χ4v) is 2.71. The molecular weight excluding hydrogens is 234 g/mol. The first-order valence-corrected chi connectivity index (χ1v) is 6.79. The molecule has 0 radical (unpaired) electrons. The second-order valence-corrected chi connectivity index (χ2v) is 6.38. The van der Waals surface area contributed by atoms with E-state index in [0.717, 1.165) is 6.42 Å². The molecule has 0 saturated carbocycles. The highest BCUT2D eigenvalue weighted by Gasteiger charge is 2.24. The molecule has 1 unspecified atom stereocenters. The molecule has 2 rings (SSSR count). The second-order valence-electron chi connectivity index (χ2n) is 6.38. The van der Waals surface area contributed by atoms with E-state index in [0.29, 0.717) is 6.04 Å². The van der Waals surface area contributed by atoms with Gasteiger partial charge in [0.25, 0.3) is 0 Å². The zero-order valence-electron chi connectivity index (χ0n) is 12.6. The topological polar surface area (TPSA) is 34.2 Å². The third kappa shape index (κ3) is 2.99. The van der Waals surface area contributed by atoms with E-state index in [9.17, 15) is 0 Å². The predicted octanol–water partition coefficient (Wildman–Crippen LogP) is 2.91. The molecule has 0 spiro atoms. The van der Waals surface area contributed by atoms with Gasteiger partial charge < -0.3 is 15.2 Å². The Labute approximate surface area is 116 Å². The van der Waals surface area contributed by atoms with E-state index in [1.54, 1.807) is 0 Å². The van der Waals surface area contributed by atoms with Crippen LogP contribution in [0.4, 0.5) is 0 Å². The first-order valence-electron chi connectivity index (χ1n) is 6.79. The van der Waals surface area contributed by atoms with Gasteiger partial charge in [0.2, 0.25) is 0 Å². The first kappa shape index (κ1) is 14.1. The van der Waals surface area contributed by atoms with Crippen LogP contribution < -0.4 is 5.73 Å². The maximum atomic E-state index is 6.23. The van der Waals surface area contributed by atoms with Crippen molar-refractivity contribution in [1.82, 2.24) is 9.47 Å². The molecule has 1 aromatic heterocycles. The minimum Gasteiger partial charge on any atom is -0.350 e. The summed E-state index contributed by atoms with van der Waals surface area (Å²) in [4.78, 5) is 2.26. The number of fused-ring (bicyclic) bond motifs is 1. The van der Waals surface area contributed by atoms with E-state index in [2.05, 4.69) is 74.9 Å². The Morgan fingerprint density at radius 1 is 1.26 bits per heavy atom. The van der Waals surface area contributed by atoms with Gasteiger partial charge in [0.15, 0.2) is 0 Å². The largest absolute Gasteiger partial charge is 0.350 e. The van der Waals surface area contributed by atoms with Crippen LogP contribution in [0.25, 0.3) is 10.9 Å². The van der Waals surface area contributed by atoms with Crippen LogP contribution in [-0.2, 0) is 7.05 Å². The maximum Gasteiger partial charge on any atom is 0.0481 e. The Morgan fingerprint density at radius 2 is 1.89 bits per heavy atom. The van der Waals surface area contributed by atoms with Crippen LogP contribution in [0.5, 0.6) is 0 Å². The number of hydrogen-bond donors (Lipinski definition) is 1. The second kappa shape index (κ2) is 4.99. The third-order valence-corrected chi connectivity index (χ3v) is 3.63. The van der Waals surface area contributed by atoms with Gasteiger partial charge in [-0.1, -0.05) is 18.2 Å². The fourth-order valence-electron chi connectivity index (χ4n) is 2.71. The van der Waals surface area contributed by atoms with Crippen molar-refractivity contribution in [1.29, 1.82) is 0 Å². The summed E-state index contributed by atoms with van der Waals surface area (Å²) >= 11 is 0. The lowest BCUT2D eigenvalue weighted by atomic mass is 9.91. The monoisotopic (exact) mass is 259 g/mol. The van der Waals surface area contributed by atoms with Gasteiger partial charge in [-0.05, 0) is 46.0 Å². The molecule has 104 valence electrons. The highest BCUT2D eigenvalue weighted by atomic mass is 15.1. The summed E-state index contributed by atoms with van der Waals surface area (Å²) in [6.07, 6.45) is 3.18. The number of aryl methyl sites for hydroxylation is 1. The van der Waals surface area contributed by atoms with Crippen LogP contribution >= 0.6 is 0 Å². The molecule has 0 saturated heterocycles. The van der Waals surface area contributed by atoms with Gasteiger partial charge >= 0.3 is 0 Å². The Bertz CT molecular complexity index is 561. The van der Waals surface area contributed by atoms with Crippen molar-refractivity contribution < 1.29 is 0 Å². The summed E-state index contributed by atoms with van der Waals surface area (Å²) in [5.41, 5.74) is 8.69. The zero-order valence-corrected chi connectivity index (χ0v) is 12.6. The average Bonchev–Trinajstić information content (AvgIpc) is 2.63. The Kier molecular flexibility index (Phi) is 3.70. The number of nitrogens with two attached hydrogens (primary N) is 1. The third-order valence-electron chi connectivity index (χ3n) is 3.63. The Hall–Kier alpha value is -1.32. The van der Waals surface area contributed by atoms with Crippen molar-refractivity contribution in [2.75, 3.05) is 14.1 Å². The molecule has 19 heavy (non-hydrogen) atoms. The van der Waals surface area contributed by atoms with Crippen molar-refractivity contribution in [2.24, 2.45) is 12.8 Å². The van der Waals surface area contributed by atoms with Crippen LogP contribution in [0, 0.1) is 0 Å². The van der Waals surface area contributed by atoms with Crippen molar-refractivity contribution in [2.45, 2.75) is 31.8 Å². The van der Waals surface area contributed by atoms with Crippen LogP contribution in [-0.4, -0.2) is 29.1 Å². The minimum absolute atomic E-state index is 0.175. The van der Waals surface area contributed by atoms with E-state index in [4.69, 9.17) is 5.73 Å². The molecule has 0 bridgehead atoms. The van der Waals surface area contributed by atoms with Crippen LogP contribution in [0.3, 0.4) is 0 Å². The highest BCUT2D eigenvalue weighted by molar-refractivity contribution is 5.84. The number of para-hydroxylation sites is 1. The lowest BCUT2D eigenvalue weighted by Gasteiger charge is -2.30. The molecule has 1 aromatic carbocycles. The Morgan fingerprint density at radius 3 is 2.47 bits per heavy atom. The molecule has 0 fully saturated rings. The predicted molar refractivity (Wildman–Crippen MR) is 82.2 cm³/mol.